The summed E-state index contributed by atoms with van der Waals surface area (Å²) in [5.74, 6) is 1.62. The van der Waals surface area contributed by atoms with E-state index in [4.69, 9.17) is 0 Å². The summed E-state index contributed by atoms with van der Waals surface area (Å²) in [7, 11) is 3.98. The van der Waals surface area contributed by atoms with E-state index in [1.165, 1.54) is 12.0 Å². The lowest BCUT2D eigenvalue weighted by Gasteiger charge is -1.94. The molecule has 0 unspecified atom stereocenters. The second kappa shape index (κ2) is 2.90. The molecule has 0 aromatic carbocycles. The normalized spacial score (nSPS) is 27.5. The van der Waals surface area contributed by atoms with Crippen molar-refractivity contribution in [2.45, 2.75) is 12.3 Å². The van der Waals surface area contributed by atoms with Gasteiger partial charge in [-0.05, 0) is 37.4 Å². The van der Waals surface area contributed by atoms with E-state index in [0.717, 1.165) is 18.4 Å². The third-order valence-electron chi connectivity index (χ3n) is 2.54. The van der Waals surface area contributed by atoms with Gasteiger partial charge < -0.3 is 5.32 Å². The van der Waals surface area contributed by atoms with Crippen LogP contribution in [0.2, 0.25) is 0 Å². The SMILES string of the molecule is CNC[C@@H]1C[C@H]1c1cnn(C)c1. The Hall–Kier alpha value is -0.830. The predicted molar refractivity (Wildman–Crippen MR) is 48.0 cm³/mol. The molecule has 1 saturated carbocycles. The number of nitrogens with one attached hydrogen (secondary N) is 1. The minimum Gasteiger partial charge on any atom is -0.319 e. The van der Waals surface area contributed by atoms with Gasteiger partial charge in [0.05, 0.1) is 6.20 Å². The Kier molecular flexibility index (Phi) is 1.89. The maximum absolute atomic E-state index is 4.17. The topological polar surface area (TPSA) is 29.9 Å². The first-order chi connectivity index (χ1) is 5.81. The summed E-state index contributed by atoms with van der Waals surface area (Å²) in [5.41, 5.74) is 1.40. The summed E-state index contributed by atoms with van der Waals surface area (Å²) in [5, 5.41) is 7.38. The lowest BCUT2D eigenvalue weighted by Crippen LogP contribution is -2.10. The molecule has 12 heavy (non-hydrogen) atoms. The van der Waals surface area contributed by atoms with Crippen molar-refractivity contribution in [3.8, 4) is 0 Å². The summed E-state index contributed by atoms with van der Waals surface area (Å²) in [4.78, 5) is 0. The summed E-state index contributed by atoms with van der Waals surface area (Å²) in [6, 6.07) is 0. The molecule has 2 rings (SSSR count). The van der Waals surface area contributed by atoms with E-state index in [0.29, 0.717) is 0 Å². The van der Waals surface area contributed by atoms with Crippen molar-refractivity contribution in [1.29, 1.82) is 0 Å². The van der Waals surface area contributed by atoms with Crippen LogP contribution in [0.1, 0.15) is 17.9 Å². The Labute approximate surface area is 72.8 Å². The molecule has 0 saturated heterocycles. The van der Waals surface area contributed by atoms with E-state index in [2.05, 4.69) is 16.6 Å². The van der Waals surface area contributed by atoms with Gasteiger partial charge in [-0.1, -0.05) is 0 Å². The van der Waals surface area contributed by atoms with Crippen molar-refractivity contribution in [1.82, 2.24) is 15.1 Å². The van der Waals surface area contributed by atoms with Crippen LogP contribution in [0, 0.1) is 5.92 Å². The lowest BCUT2D eigenvalue weighted by molar-refractivity contribution is 0.697. The van der Waals surface area contributed by atoms with Crippen LogP contribution in [0.25, 0.3) is 0 Å². The first-order valence-electron chi connectivity index (χ1n) is 4.44. The second-order valence-electron chi connectivity index (χ2n) is 3.61. The molecule has 3 heteroatoms. The average molecular weight is 165 g/mol. The third-order valence-corrected chi connectivity index (χ3v) is 2.54. The van der Waals surface area contributed by atoms with Gasteiger partial charge in [-0.25, -0.2) is 0 Å². The van der Waals surface area contributed by atoms with E-state index in [1.54, 1.807) is 0 Å². The van der Waals surface area contributed by atoms with E-state index in [9.17, 15) is 0 Å². The Morgan fingerprint density at radius 1 is 1.75 bits per heavy atom. The Bertz CT molecular complexity index is 266. The van der Waals surface area contributed by atoms with Gasteiger partial charge in [0.25, 0.3) is 0 Å². The zero-order valence-electron chi connectivity index (χ0n) is 7.62. The molecule has 0 aliphatic heterocycles. The van der Waals surface area contributed by atoms with Crippen LogP contribution in [0.3, 0.4) is 0 Å². The zero-order chi connectivity index (χ0) is 8.55. The molecule has 0 radical (unpaired) electrons. The highest BCUT2D eigenvalue weighted by Gasteiger charge is 2.38. The zero-order valence-corrected chi connectivity index (χ0v) is 7.62. The van der Waals surface area contributed by atoms with Crippen LogP contribution >= 0.6 is 0 Å². The summed E-state index contributed by atoms with van der Waals surface area (Å²) < 4.78 is 1.88. The van der Waals surface area contributed by atoms with Crippen LogP contribution in [-0.2, 0) is 7.05 Å². The van der Waals surface area contributed by atoms with Crippen molar-refractivity contribution >= 4 is 0 Å². The maximum Gasteiger partial charge on any atom is 0.0524 e. The Morgan fingerprint density at radius 3 is 3.17 bits per heavy atom. The van der Waals surface area contributed by atoms with Gasteiger partial charge in [0.2, 0.25) is 0 Å². The standard InChI is InChI=1S/C9H15N3/c1-10-4-7-3-9(7)8-5-11-12(2)6-8/h5-7,9-10H,3-4H2,1-2H3/t7-,9+/m0/s1. The molecular weight excluding hydrogens is 150 g/mol. The number of aryl methyl sites for hydroxylation is 1. The van der Waals surface area contributed by atoms with Crippen LogP contribution in [0.4, 0.5) is 0 Å². The number of nitrogens with zero attached hydrogens (tertiary/aromatic N) is 2. The van der Waals surface area contributed by atoms with Crippen LogP contribution in [0.5, 0.6) is 0 Å². The first-order valence-corrected chi connectivity index (χ1v) is 4.44. The number of hydrogen-bond acceptors (Lipinski definition) is 2. The molecule has 1 aliphatic rings. The molecule has 66 valence electrons. The average Bonchev–Trinajstić information content (AvgIpc) is 2.67. The molecule has 1 aliphatic carbocycles. The van der Waals surface area contributed by atoms with Gasteiger partial charge in [0.1, 0.15) is 0 Å². The van der Waals surface area contributed by atoms with Crippen LogP contribution in [-0.4, -0.2) is 23.4 Å². The number of hydrogen-bond donors (Lipinski definition) is 1. The maximum atomic E-state index is 4.17. The molecule has 1 aromatic heterocycles. The van der Waals surface area contributed by atoms with Crippen molar-refractivity contribution in [3.63, 3.8) is 0 Å². The van der Waals surface area contributed by atoms with Crippen molar-refractivity contribution in [3.05, 3.63) is 18.0 Å². The molecule has 0 spiro atoms. The molecule has 1 heterocycles. The molecule has 1 N–H and O–H groups in total. The van der Waals surface area contributed by atoms with Crippen molar-refractivity contribution < 1.29 is 0 Å². The van der Waals surface area contributed by atoms with Gasteiger partial charge in [0, 0.05) is 13.2 Å². The van der Waals surface area contributed by atoms with Crippen LogP contribution < -0.4 is 5.32 Å². The molecule has 1 fully saturated rings. The highest BCUT2D eigenvalue weighted by molar-refractivity contribution is 5.20. The Balaban J connectivity index is 1.96. The fraction of sp³-hybridized carbons (Fsp3) is 0.667. The van der Waals surface area contributed by atoms with Crippen molar-refractivity contribution in [2.24, 2.45) is 13.0 Å². The first kappa shape index (κ1) is 7.80. The molecule has 2 atom stereocenters. The number of rotatable bonds is 3. The van der Waals surface area contributed by atoms with Gasteiger partial charge in [-0.15, -0.1) is 0 Å². The highest BCUT2D eigenvalue weighted by Crippen LogP contribution is 2.46. The van der Waals surface area contributed by atoms with Crippen molar-refractivity contribution in [2.75, 3.05) is 13.6 Å². The smallest absolute Gasteiger partial charge is 0.0524 e. The van der Waals surface area contributed by atoms with E-state index >= 15 is 0 Å². The van der Waals surface area contributed by atoms with Crippen LogP contribution in [0.15, 0.2) is 12.4 Å². The predicted octanol–water partition coefficient (Wildman–Crippen LogP) is 0.743. The summed E-state index contributed by atoms with van der Waals surface area (Å²) in [6.07, 6.45) is 5.44. The van der Waals surface area contributed by atoms with E-state index in [-0.39, 0.29) is 0 Å². The fourth-order valence-electron chi connectivity index (χ4n) is 1.78. The summed E-state index contributed by atoms with van der Waals surface area (Å²) >= 11 is 0. The highest BCUT2D eigenvalue weighted by atomic mass is 15.2. The van der Waals surface area contributed by atoms with Gasteiger partial charge in [0.15, 0.2) is 0 Å². The lowest BCUT2D eigenvalue weighted by atomic mass is 10.2. The molecular formula is C9H15N3. The third kappa shape index (κ3) is 1.37. The quantitative estimate of drug-likeness (QED) is 0.716. The fourth-order valence-corrected chi connectivity index (χ4v) is 1.78. The van der Waals surface area contributed by atoms with E-state index in [1.807, 2.05) is 25.0 Å². The number of aromatic nitrogens is 2. The molecule has 0 amide bonds. The summed E-state index contributed by atoms with van der Waals surface area (Å²) in [6.45, 7) is 1.14. The van der Waals surface area contributed by atoms with E-state index < -0.39 is 0 Å². The molecule has 3 nitrogen and oxygen atoms in total. The largest absolute Gasteiger partial charge is 0.319 e. The Morgan fingerprint density at radius 2 is 2.58 bits per heavy atom. The molecule has 1 aromatic rings. The monoisotopic (exact) mass is 165 g/mol. The van der Waals surface area contributed by atoms with Gasteiger partial charge >= 0.3 is 0 Å². The second-order valence-corrected chi connectivity index (χ2v) is 3.61. The minimum absolute atomic E-state index is 0.770. The molecule has 0 bridgehead atoms. The van der Waals surface area contributed by atoms with Gasteiger partial charge in [-0.3, -0.25) is 4.68 Å². The minimum atomic E-state index is 0.770. The van der Waals surface area contributed by atoms with Gasteiger partial charge in [-0.2, -0.15) is 5.10 Å².